The highest BCUT2D eigenvalue weighted by atomic mass is 35.5. The van der Waals surface area contributed by atoms with Gasteiger partial charge in [0.05, 0.1) is 25.7 Å². The van der Waals surface area contributed by atoms with Crippen molar-refractivity contribution in [3.63, 3.8) is 0 Å². The topological polar surface area (TPSA) is 105 Å². The average Bonchev–Trinajstić information content (AvgIpc) is 3.14. The van der Waals surface area contributed by atoms with Crippen LogP contribution in [0.15, 0.2) is 6.33 Å². The molecule has 25 heavy (non-hydrogen) atoms. The summed E-state index contributed by atoms with van der Waals surface area (Å²) in [6.45, 7) is 4.42. The van der Waals surface area contributed by atoms with Gasteiger partial charge in [0, 0.05) is 6.04 Å². The summed E-state index contributed by atoms with van der Waals surface area (Å²) in [5.41, 5.74) is 7.06. The molecule has 0 aromatic carbocycles. The fraction of sp³-hybridized carbons (Fsp3) is 0.667. The van der Waals surface area contributed by atoms with Gasteiger partial charge in [0.15, 0.2) is 11.5 Å². The van der Waals surface area contributed by atoms with Gasteiger partial charge < -0.3 is 19.3 Å². The highest BCUT2D eigenvalue weighted by Gasteiger charge is 2.34. The zero-order chi connectivity index (χ0) is 18.0. The van der Waals surface area contributed by atoms with Crippen molar-refractivity contribution in [3.8, 4) is 0 Å². The Morgan fingerprint density at radius 1 is 1.32 bits per heavy atom. The van der Waals surface area contributed by atoms with Crippen LogP contribution in [0.2, 0.25) is 5.28 Å². The van der Waals surface area contributed by atoms with Crippen LogP contribution >= 0.6 is 19.2 Å². The van der Waals surface area contributed by atoms with Gasteiger partial charge in [-0.15, -0.1) is 0 Å². The van der Waals surface area contributed by atoms with E-state index in [4.69, 9.17) is 26.4 Å². The summed E-state index contributed by atoms with van der Waals surface area (Å²) < 4.78 is 25.6. The molecule has 2 aromatic heterocycles. The van der Waals surface area contributed by atoms with Gasteiger partial charge in [0.25, 0.3) is 0 Å². The van der Waals surface area contributed by atoms with Crippen LogP contribution in [-0.2, 0) is 13.6 Å². The normalized spacial score (nSPS) is 21.2. The minimum absolute atomic E-state index is 0.110. The maximum Gasteiger partial charge on any atom is 0.330 e. The smallest absolute Gasteiger partial charge is 0.330 e. The number of halogens is 1. The van der Waals surface area contributed by atoms with Crippen LogP contribution in [0.5, 0.6) is 0 Å². The third-order valence-electron chi connectivity index (χ3n) is 4.46. The average molecular weight is 388 g/mol. The van der Waals surface area contributed by atoms with E-state index in [1.807, 2.05) is 18.4 Å². The summed E-state index contributed by atoms with van der Waals surface area (Å²) in [6.07, 6.45) is 4.91. The van der Waals surface area contributed by atoms with Crippen LogP contribution in [0, 0.1) is 5.92 Å². The molecule has 0 spiro atoms. The first kappa shape index (κ1) is 18.6. The molecule has 0 unspecified atom stereocenters. The number of anilines is 1. The SMILES string of the molecule is CCOP(=O)(C[C@@H]1CC[C@H](n2cnc3c(N)nc(Cl)nc32)C1)OCC. The molecule has 2 aromatic rings. The Kier molecular flexibility index (Phi) is 5.63. The van der Waals surface area contributed by atoms with Gasteiger partial charge in [-0.05, 0) is 50.6 Å². The van der Waals surface area contributed by atoms with Crippen molar-refractivity contribution in [3.05, 3.63) is 11.6 Å². The number of hydrogen-bond acceptors (Lipinski definition) is 7. The van der Waals surface area contributed by atoms with Crippen LogP contribution in [0.1, 0.15) is 39.2 Å². The molecular weight excluding hydrogens is 365 g/mol. The largest absolute Gasteiger partial charge is 0.382 e. The van der Waals surface area contributed by atoms with Crippen molar-refractivity contribution >= 4 is 36.2 Å². The second-order valence-corrected chi connectivity index (χ2v) is 8.61. The van der Waals surface area contributed by atoms with E-state index in [-0.39, 0.29) is 23.1 Å². The van der Waals surface area contributed by atoms with Gasteiger partial charge in [0.1, 0.15) is 5.52 Å². The number of rotatable bonds is 7. The summed E-state index contributed by atoms with van der Waals surface area (Å²) in [6, 6.07) is 0.206. The van der Waals surface area contributed by atoms with E-state index in [2.05, 4.69) is 15.0 Å². The molecule has 0 amide bonds. The highest BCUT2D eigenvalue weighted by Crippen LogP contribution is 2.53. The number of hydrogen-bond donors (Lipinski definition) is 1. The quantitative estimate of drug-likeness (QED) is 0.570. The Bertz CT molecular complexity index is 789. The van der Waals surface area contributed by atoms with Crippen molar-refractivity contribution in [1.82, 2.24) is 19.5 Å². The third kappa shape index (κ3) is 3.97. The summed E-state index contributed by atoms with van der Waals surface area (Å²) in [5, 5.41) is 0.110. The zero-order valence-corrected chi connectivity index (χ0v) is 16.0. The molecule has 2 heterocycles. The van der Waals surface area contributed by atoms with Crippen molar-refractivity contribution < 1.29 is 13.6 Å². The summed E-state index contributed by atoms with van der Waals surface area (Å²) in [7, 11) is -3.03. The van der Waals surface area contributed by atoms with Crippen molar-refractivity contribution in [2.45, 2.75) is 39.2 Å². The number of nitrogens with two attached hydrogens (primary N) is 1. The molecule has 1 saturated carbocycles. The first-order chi connectivity index (χ1) is 12.0. The Morgan fingerprint density at radius 3 is 2.72 bits per heavy atom. The fourth-order valence-corrected chi connectivity index (χ4v) is 5.70. The van der Waals surface area contributed by atoms with Crippen LogP contribution in [-0.4, -0.2) is 38.9 Å². The minimum Gasteiger partial charge on any atom is -0.382 e. The maximum atomic E-state index is 12.7. The molecule has 0 saturated heterocycles. The second-order valence-electron chi connectivity index (χ2n) is 6.16. The number of nitrogen functional groups attached to an aromatic ring is 1. The molecule has 0 bridgehead atoms. The van der Waals surface area contributed by atoms with E-state index in [1.54, 1.807) is 6.33 Å². The minimum atomic E-state index is -3.03. The lowest BCUT2D eigenvalue weighted by molar-refractivity contribution is 0.216. The molecule has 8 nitrogen and oxygen atoms in total. The number of aromatic nitrogens is 4. The molecule has 0 radical (unpaired) electrons. The Labute approximate surface area is 151 Å². The summed E-state index contributed by atoms with van der Waals surface area (Å²) in [4.78, 5) is 12.5. The number of fused-ring (bicyclic) bond motifs is 1. The Balaban J connectivity index is 1.76. The maximum absolute atomic E-state index is 12.7. The lowest BCUT2D eigenvalue weighted by atomic mass is 10.1. The molecular formula is C15H23ClN5O3P. The molecule has 1 aliphatic carbocycles. The molecule has 0 aliphatic heterocycles. The number of imidazole rings is 1. The van der Waals surface area contributed by atoms with E-state index in [9.17, 15) is 4.57 Å². The lowest BCUT2D eigenvalue weighted by Gasteiger charge is -2.20. The first-order valence-electron chi connectivity index (χ1n) is 8.49. The van der Waals surface area contributed by atoms with E-state index >= 15 is 0 Å². The molecule has 138 valence electrons. The van der Waals surface area contributed by atoms with E-state index in [1.165, 1.54) is 0 Å². The van der Waals surface area contributed by atoms with Crippen molar-refractivity contribution in [2.75, 3.05) is 25.1 Å². The molecule has 3 rings (SSSR count). The second kappa shape index (κ2) is 7.58. The zero-order valence-electron chi connectivity index (χ0n) is 14.4. The van der Waals surface area contributed by atoms with Gasteiger partial charge in [-0.1, -0.05) is 0 Å². The van der Waals surface area contributed by atoms with E-state index in [0.29, 0.717) is 30.5 Å². The van der Waals surface area contributed by atoms with Crippen LogP contribution in [0.3, 0.4) is 0 Å². The molecule has 1 aliphatic rings. The van der Waals surface area contributed by atoms with E-state index < -0.39 is 7.60 Å². The predicted molar refractivity (Wildman–Crippen MR) is 96.8 cm³/mol. The standard InChI is InChI=1S/C15H23ClN5O3P/c1-3-23-25(22,24-4-2)8-10-5-6-11(7-10)21-9-18-12-13(17)19-15(16)20-14(12)21/h9-11H,3-8H2,1-2H3,(H2,17,19,20)/t10-,11+/m1/s1. The Hall–Kier alpha value is -1.21. The molecule has 1 fully saturated rings. The van der Waals surface area contributed by atoms with Crippen molar-refractivity contribution in [2.24, 2.45) is 5.92 Å². The van der Waals surface area contributed by atoms with Crippen LogP contribution in [0.4, 0.5) is 5.82 Å². The molecule has 2 N–H and O–H groups in total. The monoisotopic (exact) mass is 387 g/mol. The van der Waals surface area contributed by atoms with Gasteiger partial charge in [0.2, 0.25) is 5.28 Å². The van der Waals surface area contributed by atoms with Crippen molar-refractivity contribution in [1.29, 1.82) is 0 Å². The van der Waals surface area contributed by atoms with Gasteiger partial charge in [-0.25, -0.2) is 4.98 Å². The Morgan fingerprint density at radius 2 is 2.04 bits per heavy atom. The van der Waals surface area contributed by atoms with Gasteiger partial charge in [-0.3, -0.25) is 4.57 Å². The van der Waals surface area contributed by atoms with Gasteiger partial charge in [-0.2, -0.15) is 9.97 Å². The lowest BCUT2D eigenvalue weighted by Crippen LogP contribution is -2.10. The molecule has 2 atom stereocenters. The molecule has 10 heteroatoms. The number of nitrogens with zero attached hydrogens (tertiary/aromatic N) is 4. The van der Waals surface area contributed by atoms with Gasteiger partial charge >= 0.3 is 7.60 Å². The van der Waals surface area contributed by atoms with E-state index in [0.717, 1.165) is 19.3 Å². The van der Waals surface area contributed by atoms with Crippen LogP contribution < -0.4 is 5.73 Å². The third-order valence-corrected chi connectivity index (χ3v) is 6.90. The highest BCUT2D eigenvalue weighted by molar-refractivity contribution is 7.53. The van der Waals surface area contributed by atoms with Crippen LogP contribution in [0.25, 0.3) is 11.2 Å². The predicted octanol–water partition coefficient (Wildman–Crippen LogP) is 3.67. The summed E-state index contributed by atoms with van der Waals surface area (Å²) >= 11 is 5.93. The fourth-order valence-electron chi connectivity index (χ4n) is 3.50. The first-order valence-corrected chi connectivity index (χ1v) is 10.6. The summed E-state index contributed by atoms with van der Waals surface area (Å²) in [5.74, 6) is 0.543.